The zero-order valence-electron chi connectivity index (χ0n) is 22.5. The van der Waals surface area contributed by atoms with Gasteiger partial charge in [0.2, 0.25) is 5.95 Å². The first-order chi connectivity index (χ1) is 18.8. The van der Waals surface area contributed by atoms with Crippen LogP contribution in [0.3, 0.4) is 0 Å². The van der Waals surface area contributed by atoms with E-state index in [4.69, 9.17) is 4.98 Å². The fourth-order valence-electron chi connectivity index (χ4n) is 5.58. The van der Waals surface area contributed by atoms with Crippen molar-refractivity contribution in [2.45, 2.75) is 45.3 Å². The van der Waals surface area contributed by atoms with Gasteiger partial charge in [0.1, 0.15) is 0 Å². The number of nitrogens with one attached hydrogen (secondary N) is 3. The molecule has 0 saturated carbocycles. The molecule has 39 heavy (non-hydrogen) atoms. The second kappa shape index (κ2) is 9.92. The van der Waals surface area contributed by atoms with Gasteiger partial charge in [-0.15, -0.1) is 0 Å². The van der Waals surface area contributed by atoms with Crippen LogP contribution in [-0.2, 0) is 24.8 Å². The number of carbonyl (C=O) groups excluding carboxylic acids is 1. The van der Waals surface area contributed by atoms with E-state index >= 15 is 4.39 Å². The molecular weight excluding hydrogens is 495 g/mol. The molecule has 0 unspecified atom stereocenters. The van der Waals surface area contributed by atoms with Crippen LogP contribution in [0.15, 0.2) is 42.6 Å². The van der Waals surface area contributed by atoms with E-state index in [-0.39, 0.29) is 18.7 Å². The smallest absolute Gasteiger partial charge is 0.260 e. The van der Waals surface area contributed by atoms with Crippen LogP contribution >= 0.6 is 0 Å². The van der Waals surface area contributed by atoms with Gasteiger partial charge < -0.3 is 20.9 Å². The molecule has 10 heteroatoms. The maximum atomic E-state index is 15.3. The van der Waals surface area contributed by atoms with Gasteiger partial charge in [0.25, 0.3) is 5.91 Å². The Labute approximate surface area is 226 Å². The highest BCUT2D eigenvalue weighted by Crippen LogP contribution is 2.31. The van der Waals surface area contributed by atoms with Gasteiger partial charge in [-0.1, -0.05) is 24.3 Å². The minimum Gasteiger partial charge on any atom is -0.338 e. The molecule has 1 fully saturated rings. The molecule has 0 aliphatic carbocycles. The van der Waals surface area contributed by atoms with Gasteiger partial charge in [0.15, 0.2) is 17.1 Å². The maximum absolute atomic E-state index is 15.3. The van der Waals surface area contributed by atoms with Crippen molar-refractivity contribution in [1.29, 1.82) is 0 Å². The predicted octanol–water partition coefficient (Wildman–Crippen LogP) is 4.44. The van der Waals surface area contributed by atoms with Crippen molar-refractivity contribution in [1.82, 2.24) is 30.0 Å². The van der Waals surface area contributed by atoms with Crippen LogP contribution in [-0.4, -0.2) is 55.9 Å². The average molecular weight is 529 g/mol. The summed E-state index contributed by atoms with van der Waals surface area (Å²) in [6, 6.07) is 12.2. The fourth-order valence-corrected chi connectivity index (χ4v) is 5.58. The van der Waals surface area contributed by atoms with Crippen LogP contribution in [0, 0.1) is 13.8 Å². The normalized spacial score (nSPS) is 16.7. The van der Waals surface area contributed by atoms with E-state index < -0.39 is 5.67 Å². The molecule has 3 N–H and O–H groups in total. The van der Waals surface area contributed by atoms with Crippen LogP contribution in [0.1, 0.15) is 35.1 Å². The molecule has 4 aromatic rings. The summed E-state index contributed by atoms with van der Waals surface area (Å²) >= 11 is 0. The van der Waals surface area contributed by atoms with Crippen LogP contribution < -0.4 is 16.0 Å². The number of hydrogen-bond acceptors (Lipinski definition) is 7. The number of aryl methyl sites for hydroxylation is 3. The summed E-state index contributed by atoms with van der Waals surface area (Å²) < 4.78 is 17.1. The number of amides is 1. The van der Waals surface area contributed by atoms with Gasteiger partial charge in [-0.3, -0.25) is 4.79 Å². The summed E-state index contributed by atoms with van der Waals surface area (Å²) in [6.45, 7) is 6.13. The Hall–Kier alpha value is -4.05. The number of piperidine rings is 1. The zero-order chi connectivity index (χ0) is 27.1. The molecule has 0 bridgehead atoms. The van der Waals surface area contributed by atoms with Gasteiger partial charge in [-0.25, -0.2) is 14.1 Å². The summed E-state index contributed by atoms with van der Waals surface area (Å²) in [5.74, 6) is 0.767. The highest BCUT2D eigenvalue weighted by Gasteiger charge is 2.43. The molecule has 0 spiro atoms. The standard InChI is InChI=1S/C29H33FN8O/c1-18-5-4-6-19(2)24(18)34-25-23-16-32-28(35-26(23)37(3)36-25)33-22-8-7-20-9-14-38(17-21(20)15-22)27(39)29(30)10-12-31-13-11-29/h4-8,15-16,31H,9-14,17H2,1-3H3,(H,34,36)(H,32,33,35). The molecule has 2 aliphatic heterocycles. The van der Waals surface area contributed by atoms with Crippen molar-refractivity contribution in [3.63, 3.8) is 0 Å². The summed E-state index contributed by atoms with van der Waals surface area (Å²) in [5, 5.41) is 15.4. The largest absolute Gasteiger partial charge is 0.338 e. The highest BCUT2D eigenvalue weighted by molar-refractivity contribution is 5.90. The van der Waals surface area contributed by atoms with Crippen molar-refractivity contribution >= 4 is 40.1 Å². The van der Waals surface area contributed by atoms with Crippen molar-refractivity contribution in [3.8, 4) is 0 Å². The average Bonchev–Trinajstić information content (AvgIpc) is 3.24. The second-order valence-electron chi connectivity index (χ2n) is 10.6. The molecule has 1 amide bonds. The number of anilines is 4. The molecule has 202 valence electrons. The number of alkyl halides is 1. The zero-order valence-corrected chi connectivity index (χ0v) is 22.5. The van der Waals surface area contributed by atoms with E-state index in [0.29, 0.717) is 50.0 Å². The Morgan fingerprint density at radius 1 is 1.08 bits per heavy atom. The quantitative estimate of drug-likeness (QED) is 0.352. The summed E-state index contributed by atoms with van der Waals surface area (Å²) in [7, 11) is 1.86. The second-order valence-corrected chi connectivity index (χ2v) is 10.6. The lowest BCUT2D eigenvalue weighted by Gasteiger charge is -2.36. The van der Waals surface area contributed by atoms with E-state index in [2.05, 4.69) is 58.1 Å². The van der Waals surface area contributed by atoms with E-state index in [1.165, 1.54) is 5.56 Å². The van der Waals surface area contributed by atoms with Crippen LogP contribution in [0.4, 0.5) is 27.5 Å². The number of aromatic nitrogens is 4. The number of rotatable bonds is 5. The number of nitrogens with zero attached hydrogens (tertiary/aromatic N) is 5. The maximum Gasteiger partial charge on any atom is 0.260 e. The number of fused-ring (bicyclic) bond motifs is 2. The molecule has 2 aliphatic rings. The van der Waals surface area contributed by atoms with Crippen molar-refractivity contribution in [3.05, 3.63) is 64.8 Å². The first-order valence-corrected chi connectivity index (χ1v) is 13.4. The first kappa shape index (κ1) is 25.2. The topological polar surface area (TPSA) is 100 Å². The number of benzene rings is 2. The third-order valence-corrected chi connectivity index (χ3v) is 7.85. The molecule has 6 rings (SSSR count). The third kappa shape index (κ3) is 4.80. The molecule has 4 heterocycles. The lowest BCUT2D eigenvalue weighted by molar-refractivity contribution is -0.146. The Morgan fingerprint density at radius 3 is 2.62 bits per heavy atom. The highest BCUT2D eigenvalue weighted by atomic mass is 19.1. The molecular formula is C29H33FN8O. The summed E-state index contributed by atoms with van der Waals surface area (Å²) in [4.78, 5) is 24.0. The third-order valence-electron chi connectivity index (χ3n) is 7.85. The predicted molar refractivity (Wildman–Crippen MR) is 150 cm³/mol. The molecule has 0 radical (unpaired) electrons. The van der Waals surface area contributed by atoms with Crippen LogP contribution in [0.5, 0.6) is 0 Å². The molecule has 9 nitrogen and oxygen atoms in total. The number of halogens is 1. The van der Waals surface area contributed by atoms with Crippen LogP contribution in [0.25, 0.3) is 11.0 Å². The Bertz CT molecular complexity index is 1540. The Balaban J connectivity index is 1.21. The molecule has 1 saturated heterocycles. The van der Waals surface area contributed by atoms with E-state index in [1.807, 2.05) is 25.2 Å². The van der Waals surface area contributed by atoms with Crippen molar-refractivity contribution < 1.29 is 9.18 Å². The van der Waals surface area contributed by atoms with Crippen molar-refractivity contribution in [2.75, 3.05) is 30.3 Å². The number of carbonyl (C=O) groups is 1. The SMILES string of the molecule is Cc1cccc(C)c1Nc1nn(C)c2nc(Nc3ccc4c(c3)CN(C(=O)C3(F)CCNCC3)CC4)ncc12. The first-order valence-electron chi connectivity index (χ1n) is 13.4. The van der Waals surface area contributed by atoms with Gasteiger partial charge in [0, 0.05) is 50.6 Å². The summed E-state index contributed by atoms with van der Waals surface area (Å²) in [5.41, 5.74) is 5.24. The van der Waals surface area contributed by atoms with Crippen molar-refractivity contribution in [2.24, 2.45) is 7.05 Å². The fraction of sp³-hybridized carbons (Fsp3) is 0.379. The lowest BCUT2D eigenvalue weighted by atomic mass is 9.91. The van der Waals surface area contributed by atoms with Crippen LogP contribution in [0.2, 0.25) is 0 Å². The number of para-hydroxylation sites is 1. The van der Waals surface area contributed by atoms with Gasteiger partial charge in [-0.05, 0) is 67.7 Å². The Kier molecular flexibility index (Phi) is 6.42. The number of hydrogen-bond donors (Lipinski definition) is 3. The molecule has 2 aromatic heterocycles. The minimum absolute atomic E-state index is 0.229. The van der Waals surface area contributed by atoms with E-state index in [9.17, 15) is 4.79 Å². The van der Waals surface area contributed by atoms with Gasteiger partial charge in [0.05, 0.1) is 5.39 Å². The van der Waals surface area contributed by atoms with Gasteiger partial charge in [-0.2, -0.15) is 10.1 Å². The monoisotopic (exact) mass is 528 g/mol. The lowest BCUT2D eigenvalue weighted by Crippen LogP contribution is -2.52. The minimum atomic E-state index is -1.77. The van der Waals surface area contributed by atoms with E-state index in [0.717, 1.165) is 33.5 Å². The molecule has 0 atom stereocenters. The Morgan fingerprint density at radius 2 is 1.85 bits per heavy atom. The molecule has 2 aromatic carbocycles. The van der Waals surface area contributed by atoms with E-state index in [1.54, 1.807) is 15.8 Å². The van der Waals surface area contributed by atoms with Gasteiger partial charge >= 0.3 is 0 Å². The summed E-state index contributed by atoms with van der Waals surface area (Å²) in [6.07, 6.45) is 2.94.